The molecule has 0 saturated heterocycles. The van der Waals surface area contributed by atoms with Crippen molar-refractivity contribution in [3.63, 3.8) is 0 Å². The SMILES string of the molecule is CCC(N)c1cnn(CCC(C)C)c1. The molecule has 1 heterocycles. The number of nitrogens with two attached hydrogens (primary N) is 1. The van der Waals surface area contributed by atoms with E-state index < -0.39 is 0 Å². The maximum atomic E-state index is 5.91. The topological polar surface area (TPSA) is 43.8 Å². The summed E-state index contributed by atoms with van der Waals surface area (Å²) in [6.45, 7) is 7.54. The van der Waals surface area contributed by atoms with Gasteiger partial charge in [0.05, 0.1) is 6.20 Å². The molecule has 1 aromatic heterocycles. The van der Waals surface area contributed by atoms with E-state index >= 15 is 0 Å². The van der Waals surface area contributed by atoms with E-state index in [1.807, 2.05) is 10.9 Å². The Morgan fingerprint density at radius 1 is 1.50 bits per heavy atom. The van der Waals surface area contributed by atoms with Crippen LogP contribution < -0.4 is 5.73 Å². The second-order valence-electron chi connectivity index (χ2n) is 4.23. The maximum Gasteiger partial charge on any atom is 0.0537 e. The van der Waals surface area contributed by atoms with Crippen LogP contribution in [0.2, 0.25) is 0 Å². The Morgan fingerprint density at radius 3 is 2.79 bits per heavy atom. The molecule has 0 amide bonds. The third-order valence-corrected chi connectivity index (χ3v) is 2.46. The van der Waals surface area contributed by atoms with Crippen LogP contribution in [-0.4, -0.2) is 9.78 Å². The fourth-order valence-electron chi connectivity index (χ4n) is 1.32. The molecule has 0 aliphatic rings. The van der Waals surface area contributed by atoms with Crippen LogP contribution in [0.1, 0.15) is 45.2 Å². The Labute approximate surface area is 86.3 Å². The zero-order valence-electron chi connectivity index (χ0n) is 9.40. The van der Waals surface area contributed by atoms with E-state index in [9.17, 15) is 0 Å². The van der Waals surface area contributed by atoms with Crippen molar-refractivity contribution in [1.29, 1.82) is 0 Å². The highest BCUT2D eigenvalue weighted by atomic mass is 15.3. The molecule has 1 aromatic rings. The van der Waals surface area contributed by atoms with Crippen molar-refractivity contribution >= 4 is 0 Å². The molecule has 0 aromatic carbocycles. The molecular formula is C11H21N3. The lowest BCUT2D eigenvalue weighted by Crippen LogP contribution is -2.07. The summed E-state index contributed by atoms with van der Waals surface area (Å²) in [4.78, 5) is 0. The van der Waals surface area contributed by atoms with Crippen molar-refractivity contribution in [2.75, 3.05) is 0 Å². The first-order valence-corrected chi connectivity index (χ1v) is 5.41. The van der Waals surface area contributed by atoms with Gasteiger partial charge in [0.25, 0.3) is 0 Å². The Balaban J connectivity index is 2.50. The molecule has 0 saturated carbocycles. The average molecular weight is 195 g/mol. The summed E-state index contributed by atoms with van der Waals surface area (Å²) in [7, 11) is 0. The molecule has 1 unspecified atom stereocenters. The minimum absolute atomic E-state index is 0.141. The standard InChI is InChI=1S/C11H21N3/c1-4-11(12)10-7-13-14(8-10)6-5-9(2)3/h7-9,11H,4-6,12H2,1-3H3. The highest BCUT2D eigenvalue weighted by Crippen LogP contribution is 2.12. The van der Waals surface area contributed by atoms with Crippen LogP contribution in [0.5, 0.6) is 0 Å². The highest BCUT2D eigenvalue weighted by Gasteiger charge is 2.06. The first-order valence-electron chi connectivity index (χ1n) is 5.41. The van der Waals surface area contributed by atoms with Gasteiger partial charge in [-0.3, -0.25) is 4.68 Å². The maximum absolute atomic E-state index is 5.91. The molecular weight excluding hydrogens is 174 g/mol. The van der Waals surface area contributed by atoms with E-state index in [1.54, 1.807) is 0 Å². The Morgan fingerprint density at radius 2 is 2.21 bits per heavy atom. The van der Waals surface area contributed by atoms with Crippen molar-refractivity contribution < 1.29 is 0 Å². The summed E-state index contributed by atoms with van der Waals surface area (Å²) in [6.07, 6.45) is 6.09. The van der Waals surface area contributed by atoms with Crippen molar-refractivity contribution in [3.8, 4) is 0 Å². The van der Waals surface area contributed by atoms with Gasteiger partial charge in [-0.1, -0.05) is 20.8 Å². The van der Waals surface area contributed by atoms with Gasteiger partial charge >= 0.3 is 0 Å². The lowest BCUT2D eigenvalue weighted by Gasteiger charge is -2.05. The van der Waals surface area contributed by atoms with Crippen LogP contribution >= 0.6 is 0 Å². The first kappa shape index (κ1) is 11.2. The number of aryl methyl sites for hydroxylation is 1. The van der Waals surface area contributed by atoms with Crippen LogP contribution in [-0.2, 0) is 6.54 Å². The summed E-state index contributed by atoms with van der Waals surface area (Å²) < 4.78 is 1.99. The monoisotopic (exact) mass is 195 g/mol. The van der Waals surface area contributed by atoms with Gasteiger partial charge in [-0.25, -0.2) is 0 Å². The third kappa shape index (κ3) is 3.14. The van der Waals surface area contributed by atoms with Crippen molar-refractivity contribution in [1.82, 2.24) is 9.78 Å². The summed E-state index contributed by atoms with van der Waals surface area (Å²) in [5, 5.41) is 4.29. The van der Waals surface area contributed by atoms with Crippen LogP contribution in [0, 0.1) is 5.92 Å². The Kier molecular flexibility index (Phi) is 4.14. The molecule has 3 nitrogen and oxygen atoms in total. The van der Waals surface area contributed by atoms with Crippen molar-refractivity contribution in [2.24, 2.45) is 11.7 Å². The fraction of sp³-hybridized carbons (Fsp3) is 0.727. The normalized spacial score (nSPS) is 13.5. The highest BCUT2D eigenvalue weighted by molar-refractivity contribution is 5.09. The van der Waals surface area contributed by atoms with E-state index in [1.165, 1.54) is 6.42 Å². The summed E-state index contributed by atoms with van der Waals surface area (Å²) in [5.74, 6) is 0.725. The van der Waals surface area contributed by atoms with E-state index in [4.69, 9.17) is 5.73 Å². The van der Waals surface area contributed by atoms with E-state index in [2.05, 4.69) is 32.1 Å². The van der Waals surface area contributed by atoms with Crippen LogP contribution in [0.3, 0.4) is 0 Å². The quantitative estimate of drug-likeness (QED) is 0.783. The molecule has 0 bridgehead atoms. The number of rotatable bonds is 5. The number of hydrogen-bond donors (Lipinski definition) is 1. The minimum Gasteiger partial charge on any atom is -0.324 e. The van der Waals surface area contributed by atoms with Crippen molar-refractivity contribution in [2.45, 2.75) is 46.2 Å². The number of hydrogen-bond acceptors (Lipinski definition) is 2. The van der Waals surface area contributed by atoms with Gasteiger partial charge in [-0.2, -0.15) is 5.10 Å². The molecule has 0 spiro atoms. The largest absolute Gasteiger partial charge is 0.324 e. The molecule has 0 aliphatic heterocycles. The van der Waals surface area contributed by atoms with E-state index in [-0.39, 0.29) is 6.04 Å². The summed E-state index contributed by atoms with van der Waals surface area (Å²) >= 11 is 0. The van der Waals surface area contributed by atoms with Gasteiger partial charge in [0.15, 0.2) is 0 Å². The number of nitrogens with zero attached hydrogens (tertiary/aromatic N) is 2. The lowest BCUT2D eigenvalue weighted by atomic mass is 10.1. The molecule has 80 valence electrons. The van der Waals surface area contributed by atoms with Gasteiger partial charge in [0.2, 0.25) is 0 Å². The smallest absolute Gasteiger partial charge is 0.0537 e. The van der Waals surface area contributed by atoms with Crippen LogP contribution in [0.4, 0.5) is 0 Å². The van der Waals surface area contributed by atoms with Gasteiger partial charge < -0.3 is 5.73 Å². The summed E-state index contributed by atoms with van der Waals surface area (Å²) in [5.41, 5.74) is 7.06. The molecule has 3 heteroatoms. The molecule has 0 fully saturated rings. The van der Waals surface area contributed by atoms with E-state index in [0.717, 1.165) is 24.4 Å². The fourth-order valence-corrected chi connectivity index (χ4v) is 1.32. The van der Waals surface area contributed by atoms with Crippen LogP contribution in [0.25, 0.3) is 0 Å². The van der Waals surface area contributed by atoms with Gasteiger partial charge in [-0.05, 0) is 18.8 Å². The number of aromatic nitrogens is 2. The lowest BCUT2D eigenvalue weighted by molar-refractivity contribution is 0.486. The zero-order valence-corrected chi connectivity index (χ0v) is 9.40. The zero-order chi connectivity index (χ0) is 10.6. The Bertz CT molecular complexity index is 265. The average Bonchev–Trinajstić information content (AvgIpc) is 2.62. The second-order valence-corrected chi connectivity index (χ2v) is 4.23. The molecule has 0 aliphatic carbocycles. The molecule has 0 radical (unpaired) electrons. The predicted molar refractivity (Wildman–Crippen MR) is 58.9 cm³/mol. The molecule has 14 heavy (non-hydrogen) atoms. The predicted octanol–water partition coefficient (Wildman–Crippen LogP) is 2.34. The van der Waals surface area contributed by atoms with Crippen LogP contribution in [0.15, 0.2) is 12.4 Å². The molecule has 1 atom stereocenters. The van der Waals surface area contributed by atoms with E-state index in [0.29, 0.717) is 0 Å². The van der Waals surface area contributed by atoms with Gasteiger partial charge in [-0.15, -0.1) is 0 Å². The second kappa shape index (κ2) is 5.15. The summed E-state index contributed by atoms with van der Waals surface area (Å²) in [6, 6.07) is 0.141. The molecule has 1 rings (SSSR count). The van der Waals surface area contributed by atoms with Gasteiger partial charge in [0.1, 0.15) is 0 Å². The first-order chi connectivity index (χ1) is 6.63. The van der Waals surface area contributed by atoms with Crippen molar-refractivity contribution in [3.05, 3.63) is 18.0 Å². The third-order valence-electron chi connectivity index (χ3n) is 2.46. The minimum atomic E-state index is 0.141. The molecule has 2 N–H and O–H groups in total. The van der Waals surface area contributed by atoms with Gasteiger partial charge in [0, 0.05) is 24.3 Å². The Hall–Kier alpha value is -0.830.